The first-order valence-electron chi connectivity index (χ1n) is 12.6. The second-order valence-corrected chi connectivity index (χ2v) is 10.3. The lowest BCUT2D eigenvalue weighted by atomic mass is 10.0. The molecule has 1 saturated heterocycles. The number of methoxy groups -OCH3 is 1. The van der Waals surface area contributed by atoms with Gasteiger partial charge in [-0.25, -0.2) is 9.37 Å². The fraction of sp³-hybridized carbons (Fsp3) is 0.333. The molecule has 1 fully saturated rings. The highest BCUT2D eigenvalue weighted by molar-refractivity contribution is 6.34. The molecule has 2 aliphatic rings. The molecule has 1 unspecified atom stereocenters. The molecule has 13 heteroatoms. The Morgan fingerprint density at radius 3 is 2.77 bits per heavy atom. The van der Waals surface area contributed by atoms with Crippen molar-refractivity contribution in [2.75, 3.05) is 32.6 Å². The van der Waals surface area contributed by atoms with E-state index in [0.717, 1.165) is 5.56 Å². The van der Waals surface area contributed by atoms with Gasteiger partial charge in [0.2, 0.25) is 11.8 Å². The number of alkyl halides is 1. The van der Waals surface area contributed by atoms with E-state index in [1.54, 1.807) is 24.1 Å². The van der Waals surface area contributed by atoms with Crippen LogP contribution in [0.1, 0.15) is 45.7 Å². The number of aromatic nitrogens is 2. The Balaban J connectivity index is 1.38. The summed E-state index contributed by atoms with van der Waals surface area (Å²) in [5.74, 6) is 0.0726. The number of carbonyl (C=O) groups is 2. The van der Waals surface area contributed by atoms with Crippen molar-refractivity contribution in [2.24, 2.45) is 0 Å². The van der Waals surface area contributed by atoms with Gasteiger partial charge >= 0.3 is 0 Å². The number of rotatable bonds is 7. The van der Waals surface area contributed by atoms with Gasteiger partial charge in [-0.1, -0.05) is 35.3 Å². The van der Waals surface area contributed by atoms with Gasteiger partial charge in [-0.05, 0) is 43.7 Å². The molecule has 2 amide bonds. The van der Waals surface area contributed by atoms with E-state index in [0.29, 0.717) is 30.0 Å². The number of halogens is 3. The summed E-state index contributed by atoms with van der Waals surface area (Å²) < 4.78 is 25.7. The second-order valence-electron chi connectivity index (χ2n) is 9.51. The van der Waals surface area contributed by atoms with Gasteiger partial charge in [-0.3, -0.25) is 9.59 Å². The Hall–Kier alpha value is -3.67. The lowest BCUT2D eigenvalue weighted by Gasteiger charge is -2.27. The fourth-order valence-corrected chi connectivity index (χ4v) is 5.08. The molecule has 3 N–H and O–H groups in total. The number of carbonyl (C=O) groups excluding carboxylic acids is 2. The summed E-state index contributed by atoms with van der Waals surface area (Å²) in [5.41, 5.74) is 1.80. The average molecular weight is 589 g/mol. The zero-order valence-corrected chi connectivity index (χ0v) is 23.4. The van der Waals surface area contributed by atoms with Crippen LogP contribution in [0.2, 0.25) is 10.0 Å². The number of anilines is 2. The van der Waals surface area contributed by atoms with Crippen molar-refractivity contribution in [1.29, 1.82) is 0 Å². The van der Waals surface area contributed by atoms with Gasteiger partial charge in [0.1, 0.15) is 22.7 Å². The molecule has 0 aliphatic carbocycles. The molecular weight excluding hydrogens is 562 g/mol. The molecule has 10 nitrogen and oxygen atoms in total. The largest absolute Gasteiger partial charge is 0.495 e. The number of nitrogens with zero attached hydrogens (tertiary/aromatic N) is 3. The smallest absolute Gasteiger partial charge is 0.258 e. The third-order valence-corrected chi connectivity index (χ3v) is 7.62. The molecule has 3 aromatic rings. The second kappa shape index (κ2) is 11.4. The molecule has 2 aliphatic heterocycles. The van der Waals surface area contributed by atoms with E-state index in [9.17, 15) is 14.0 Å². The molecule has 0 bridgehead atoms. The zero-order valence-electron chi connectivity index (χ0n) is 21.9. The summed E-state index contributed by atoms with van der Waals surface area (Å²) in [5, 5.41) is 8.92. The van der Waals surface area contributed by atoms with Crippen LogP contribution in [-0.4, -0.2) is 66.1 Å². The maximum atomic E-state index is 14.2. The number of hydrogen-bond acceptors (Lipinski definition) is 8. The van der Waals surface area contributed by atoms with Gasteiger partial charge in [0.15, 0.2) is 0 Å². The SMILES string of the molecule is COc1cc(C(=O)N[C@H]2CCNC[C@H]2F)c(Cl)cc1Nc1ncc(Cl)c(Oc2cccc3c2C(=O)N(C)C3C)n1. The Bertz CT molecular complexity index is 1480. The molecule has 0 spiro atoms. The van der Waals surface area contributed by atoms with Crippen LogP contribution < -0.4 is 25.4 Å². The number of amides is 2. The molecule has 0 radical (unpaired) electrons. The fourth-order valence-electron chi connectivity index (χ4n) is 4.70. The van der Waals surface area contributed by atoms with E-state index >= 15 is 0 Å². The number of nitrogens with one attached hydrogen (secondary N) is 3. The molecule has 1 aromatic heterocycles. The van der Waals surface area contributed by atoms with Crippen LogP contribution in [0.4, 0.5) is 16.0 Å². The molecule has 3 heterocycles. The number of ether oxygens (including phenoxy) is 2. The Kier molecular flexibility index (Phi) is 7.97. The highest BCUT2D eigenvalue weighted by Gasteiger charge is 2.34. The predicted molar refractivity (Wildman–Crippen MR) is 149 cm³/mol. The van der Waals surface area contributed by atoms with Crippen LogP contribution in [-0.2, 0) is 0 Å². The highest BCUT2D eigenvalue weighted by atomic mass is 35.5. The van der Waals surface area contributed by atoms with Gasteiger partial charge < -0.3 is 30.3 Å². The summed E-state index contributed by atoms with van der Waals surface area (Å²) in [6.07, 6.45) is 0.626. The van der Waals surface area contributed by atoms with Gasteiger partial charge in [0, 0.05) is 13.6 Å². The molecule has 5 rings (SSSR count). The van der Waals surface area contributed by atoms with Crippen LogP contribution in [0.25, 0.3) is 0 Å². The zero-order chi connectivity index (χ0) is 28.6. The summed E-state index contributed by atoms with van der Waals surface area (Å²) >= 11 is 12.8. The monoisotopic (exact) mass is 588 g/mol. The van der Waals surface area contributed by atoms with Crippen molar-refractivity contribution in [2.45, 2.75) is 31.6 Å². The number of piperidine rings is 1. The lowest BCUT2D eigenvalue weighted by Crippen LogP contribution is -2.50. The van der Waals surface area contributed by atoms with Crippen LogP contribution in [0.15, 0.2) is 36.5 Å². The van der Waals surface area contributed by atoms with E-state index in [1.165, 1.54) is 25.4 Å². The Labute approximate surface area is 240 Å². The number of fused-ring (bicyclic) bond motifs is 1. The van der Waals surface area contributed by atoms with E-state index in [2.05, 4.69) is 25.9 Å². The Morgan fingerprint density at radius 1 is 1.23 bits per heavy atom. The quantitative estimate of drug-likeness (QED) is 0.356. The van der Waals surface area contributed by atoms with Crippen molar-refractivity contribution < 1.29 is 23.5 Å². The summed E-state index contributed by atoms with van der Waals surface area (Å²) in [7, 11) is 3.16. The molecular formula is C27H27Cl2FN6O4. The van der Waals surface area contributed by atoms with Crippen LogP contribution in [0.5, 0.6) is 17.4 Å². The van der Waals surface area contributed by atoms with Crippen LogP contribution in [0.3, 0.4) is 0 Å². The highest BCUT2D eigenvalue weighted by Crippen LogP contribution is 2.40. The average Bonchev–Trinajstić information content (AvgIpc) is 3.16. The third kappa shape index (κ3) is 5.36. The minimum atomic E-state index is -1.20. The molecule has 3 atom stereocenters. The van der Waals surface area contributed by atoms with E-state index in [-0.39, 0.29) is 51.7 Å². The molecule has 0 saturated carbocycles. The molecule has 2 aromatic carbocycles. The van der Waals surface area contributed by atoms with Crippen molar-refractivity contribution in [3.63, 3.8) is 0 Å². The number of benzene rings is 2. The van der Waals surface area contributed by atoms with Gasteiger partial charge in [-0.15, -0.1) is 0 Å². The number of hydrogen-bond donors (Lipinski definition) is 3. The minimum absolute atomic E-state index is 0.0337. The van der Waals surface area contributed by atoms with Gasteiger partial charge in [-0.2, -0.15) is 4.98 Å². The van der Waals surface area contributed by atoms with Crippen molar-refractivity contribution in [3.05, 3.63) is 63.3 Å². The van der Waals surface area contributed by atoms with Crippen molar-refractivity contribution in [1.82, 2.24) is 25.5 Å². The molecule has 40 heavy (non-hydrogen) atoms. The topological polar surface area (TPSA) is 118 Å². The van der Waals surface area contributed by atoms with Crippen molar-refractivity contribution >= 4 is 46.7 Å². The normalized spacial score (nSPS) is 20.2. The summed E-state index contributed by atoms with van der Waals surface area (Å²) in [6.45, 7) is 2.72. The van der Waals surface area contributed by atoms with E-state index < -0.39 is 18.1 Å². The van der Waals surface area contributed by atoms with Gasteiger partial charge in [0.05, 0.1) is 47.2 Å². The summed E-state index contributed by atoms with van der Waals surface area (Å²) in [4.78, 5) is 35.9. The Morgan fingerprint density at radius 2 is 2.02 bits per heavy atom. The minimum Gasteiger partial charge on any atom is -0.495 e. The first-order chi connectivity index (χ1) is 19.2. The summed E-state index contributed by atoms with van der Waals surface area (Å²) in [6, 6.07) is 7.60. The van der Waals surface area contributed by atoms with Crippen LogP contribution in [0, 0.1) is 0 Å². The predicted octanol–water partition coefficient (Wildman–Crippen LogP) is 4.90. The first kappa shape index (κ1) is 27.9. The maximum absolute atomic E-state index is 14.2. The van der Waals surface area contributed by atoms with E-state index in [4.69, 9.17) is 32.7 Å². The standard InChI is InChI=1S/C27H27Cl2FN6O4/c1-13-14-5-4-6-21(23(14)26(38)36(13)2)40-25-17(29)11-32-27(35-25)34-20-10-16(28)15(9-22(20)39-3)24(37)33-19-7-8-31-12-18(19)30/h4-6,9-11,13,18-19,31H,7-8,12H2,1-3H3,(H,33,37)(H,32,34,35)/t13?,18-,19+/m1/s1. The van der Waals surface area contributed by atoms with Gasteiger partial charge in [0.25, 0.3) is 11.8 Å². The van der Waals surface area contributed by atoms with E-state index in [1.807, 2.05) is 13.0 Å². The first-order valence-corrected chi connectivity index (χ1v) is 13.3. The lowest BCUT2D eigenvalue weighted by molar-refractivity contribution is 0.0782. The maximum Gasteiger partial charge on any atom is 0.258 e. The van der Waals surface area contributed by atoms with Crippen molar-refractivity contribution in [3.8, 4) is 17.4 Å². The molecule has 210 valence electrons. The third-order valence-electron chi connectivity index (χ3n) is 7.05. The van der Waals surface area contributed by atoms with Crippen LogP contribution >= 0.6 is 23.2 Å².